The molecule has 5 amide bonds. The number of nitrogens with zero attached hydrogens (tertiary/aromatic N) is 3. The van der Waals surface area contributed by atoms with Gasteiger partial charge in [-0.3, -0.25) is 19.2 Å². The second-order valence-corrected chi connectivity index (χ2v) is 20.6. The predicted octanol–water partition coefficient (Wildman–Crippen LogP) is 3.54. The first-order chi connectivity index (χ1) is 24.3. The minimum Gasteiger partial charge on any atom is -0.346 e. The largest absolute Gasteiger partial charge is 0.346 e. The van der Waals surface area contributed by atoms with Gasteiger partial charge < -0.3 is 26.2 Å². The number of amides is 5. The number of unbranched alkanes of at least 4 members (excludes halogenated alkanes) is 1. The number of nitrogens with one attached hydrogen (secondary N) is 4. The van der Waals surface area contributed by atoms with Gasteiger partial charge in [-0.2, -0.15) is 4.31 Å². The van der Waals surface area contributed by atoms with Crippen LogP contribution in [0.4, 0.5) is 4.79 Å². The van der Waals surface area contributed by atoms with Gasteiger partial charge in [0.05, 0.1) is 16.7 Å². The van der Waals surface area contributed by atoms with Crippen LogP contribution in [0.25, 0.3) is 0 Å². The van der Waals surface area contributed by atoms with Gasteiger partial charge in [0.1, 0.15) is 12.1 Å². The number of Topliss-reactive ketones (excluding diaryl/α,β-unsaturated/α-hetero) is 1. The summed E-state index contributed by atoms with van der Waals surface area (Å²) < 4.78 is 28.3. The summed E-state index contributed by atoms with van der Waals surface area (Å²) in [5, 5.41) is 11.7. The minimum absolute atomic E-state index is 0.0334. The van der Waals surface area contributed by atoms with Gasteiger partial charge in [-0.15, -0.1) is 17.9 Å². The highest BCUT2D eigenvalue weighted by atomic mass is 32.2. The van der Waals surface area contributed by atoms with Crippen molar-refractivity contribution < 1.29 is 32.4 Å². The van der Waals surface area contributed by atoms with Gasteiger partial charge in [-0.05, 0) is 48.3 Å². The van der Waals surface area contributed by atoms with Crippen molar-refractivity contribution in [3.05, 3.63) is 23.4 Å². The molecular weight excluding hydrogens is 719 g/mol. The highest BCUT2D eigenvalue weighted by molar-refractivity contribution is 7.91. The predicted molar refractivity (Wildman–Crippen MR) is 205 cm³/mol. The molecule has 16 heteroatoms. The van der Waals surface area contributed by atoms with Gasteiger partial charge in [0.25, 0.3) is 15.9 Å². The zero-order valence-corrected chi connectivity index (χ0v) is 35.1. The molecule has 1 unspecified atom stereocenters. The molecule has 0 radical (unpaired) electrons. The van der Waals surface area contributed by atoms with E-state index >= 15 is 0 Å². The van der Waals surface area contributed by atoms with Crippen molar-refractivity contribution in [3.63, 3.8) is 0 Å². The van der Waals surface area contributed by atoms with Crippen LogP contribution in [-0.4, -0.2) is 103 Å². The molecule has 2 fully saturated rings. The van der Waals surface area contributed by atoms with Crippen LogP contribution in [0.5, 0.6) is 0 Å². The lowest BCUT2D eigenvalue weighted by Crippen LogP contribution is -2.62. The number of aryl methyl sites for hydroxylation is 2. The molecule has 3 rings (SSSR count). The molecular formula is C37H61N7O7S2. The second-order valence-electron chi connectivity index (χ2n) is 17.2. The third-order valence-electron chi connectivity index (χ3n) is 10.6. The van der Waals surface area contributed by atoms with E-state index in [0.717, 1.165) is 17.8 Å². The summed E-state index contributed by atoms with van der Waals surface area (Å²) in [7, 11) is -2.43. The van der Waals surface area contributed by atoms with Crippen molar-refractivity contribution in [1.82, 2.24) is 35.5 Å². The summed E-state index contributed by atoms with van der Waals surface area (Å²) in [6.45, 7) is 24.4. The Labute approximate surface area is 319 Å². The maximum atomic E-state index is 14.5. The monoisotopic (exact) mass is 779 g/mol. The van der Waals surface area contributed by atoms with Crippen LogP contribution < -0.4 is 21.3 Å². The van der Waals surface area contributed by atoms with E-state index in [1.807, 2.05) is 62.3 Å². The fraction of sp³-hybridized carbons (Fsp3) is 0.730. The van der Waals surface area contributed by atoms with Crippen LogP contribution >= 0.6 is 11.3 Å². The number of hydrogen-bond donors (Lipinski definition) is 4. The number of sulfonamides is 1. The lowest BCUT2D eigenvalue weighted by molar-refractivity contribution is -0.145. The number of aromatic nitrogens is 1. The van der Waals surface area contributed by atoms with E-state index in [-0.39, 0.29) is 41.0 Å². The lowest BCUT2D eigenvalue weighted by atomic mass is 9.85. The van der Waals surface area contributed by atoms with Crippen LogP contribution in [0.15, 0.2) is 16.9 Å². The van der Waals surface area contributed by atoms with E-state index in [4.69, 9.17) is 0 Å². The first-order valence-electron chi connectivity index (χ1n) is 18.3. The van der Waals surface area contributed by atoms with Crippen LogP contribution in [-0.2, 0) is 29.2 Å². The Balaban J connectivity index is 1.84. The zero-order chi connectivity index (χ0) is 40.4. The van der Waals surface area contributed by atoms with Crippen molar-refractivity contribution in [2.75, 3.05) is 26.7 Å². The quantitative estimate of drug-likeness (QED) is 0.145. The average Bonchev–Trinajstić information content (AvgIpc) is 3.33. The fourth-order valence-corrected chi connectivity index (χ4v) is 9.94. The average molecular weight is 780 g/mol. The third kappa shape index (κ3) is 10.0. The number of carbonyl (C=O) groups is 5. The number of hydrogen-bond acceptors (Lipinski definition) is 9. The van der Waals surface area contributed by atoms with E-state index < -0.39 is 74.6 Å². The molecule has 1 aromatic rings. The molecule has 0 aromatic carbocycles. The van der Waals surface area contributed by atoms with Crippen molar-refractivity contribution in [2.45, 2.75) is 124 Å². The molecule has 1 saturated carbocycles. The normalized spacial score (nSPS) is 21.2. The van der Waals surface area contributed by atoms with Crippen molar-refractivity contribution in [2.24, 2.45) is 28.1 Å². The fourth-order valence-electron chi connectivity index (χ4n) is 7.09. The zero-order valence-electron chi connectivity index (χ0n) is 33.5. The number of likely N-dealkylation sites (tertiary alicyclic amines) is 1. The molecule has 298 valence electrons. The number of urea groups is 1. The molecule has 0 spiro atoms. The molecule has 4 N–H and O–H groups in total. The van der Waals surface area contributed by atoms with Crippen LogP contribution in [0.3, 0.4) is 0 Å². The van der Waals surface area contributed by atoms with Crippen LogP contribution in [0, 0.1) is 41.9 Å². The Kier molecular flexibility index (Phi) is 13.8. The number of carbonyl (C=O) groups excluding carboxylic acids is 5. The maximum Gasteiger partial charge on any atom is 0.315 e. The topological polar surface area (TPSA) is 187 Å². The molecule has 2 aliphatic rings. The Morgan fingerprint density at radius 3 is 2.19 bits per heavy atom. The van der Waals surface area contributed by atoms with Crippen LogP contribution in [0.1, 0.15) is 92.3 Å². The summed E-state index contributed by atoms with van der Waals surface area (Å²) in [5.41, 5.74) is -1.19. The smallest absolute Gasteiger partial charge is 0.315 e. The number of rotatable bonds is 16. The lowest BCUT2D eigenvalue weighted by Gasteiger charge is -2.39. The minimum atomic E-state index is -3.89. The number of thiazole rings is 1. The van der Waals surface area contributed by atoms with Gasteiger partial charge in [0, 0.05) is 32.7 Å². The van der Waals surface area contributed by atoms with Gasteiger partial charge >= 0.3 is 6.03 Å². The number of piperidine rings is 1. The maximum absolute atomic E-state index is 14.5. The van der Waals surface area contributed by atoms with E-state index in [9.17, 15) is 32.4 Å². The molecule has 2 heterocycles. The number of likely N-dealkylation sites (N-methyl/N-ethyl adjacent to an activating group) is 1. The summed E-state index contributed by atoms with van der Waals surface area (Å²) in [4.78, 5) is 73.8. The summed E-state index contributed by atoms with van der Waals surface area (Å²) in [6.07, 6.45) is 3.07. The van der Waals surface area contributed by atoms with Crippen molar-refractivity contribution >= 4 is 50.9 Å². The second kappa shape index (κ2) is 16.6. The Bertz CT molecular complexity index is 1680. The molecule has 6 atom stereocenters. The first kappa shape index (κ1) is 44.0. The highest BCUT2D eigenvalue weighted by Crippen LogP contribution is 2.65. The molecule has 53 heavy (non-hydrogen) atoms. The van der Waals surface area contributed by atoms with Gasteiger partial charge in [0.15, 0.2) is 4.21 Å². The van der Waals surface area contributed by atoms with Crippen molar-refractivity contribution in [3.8, 4) is 0 Å². The number of fused-ring (bicyclic) bond motifs is 1. The first-order valence-corrected chi connectivity index (χ1v) is 20.6. The van der Waals surface area contributed by atoms with Gasteiger partial charge in [-0.25, -0.2) is 18.2 Å². The molecule has 1 saturated heterocycles. The molecule has 0 bridgehead atoms. The summed E-state index contributed by atoms with van der Waals surface area (Å²) >= 11 is 1.09. The number of ketones is 1. The van der Waals surface area contributed by atoms with E-state index in [2.05, 4.69) is 32.8 Å². The van der Waals surface area contributed by atoms with E-state index in [0.29, 0.717) is 23.7 Å². The van der Waals surface area contributed by atoms with Gasteiger partial charge in [0.2, 0.25) is 17.6 Å². The Hall–Kier alpha value is -3.37. The highest BCUT2D eigenvalue weighted by Gasteiger charge is 2.70. The molecule has 14 nitrogen and oxygen atoms in total. The Morgan fingerprint density at radius 1 is 1.06 bits per heavy atom. The van der Waals surface area contributed by atoms with Crippen molar-refractivity contribution in [1.29, 1.82) is 0 Å². The third-order valence-corrected chi connectivity index (χ3v) is 14.0. The van der Waals surface area contributed by atoms with Gasteiger partial charge in [-0.1, -0.05) is 81.2 Å². The molecule has 1 aliphatic carbocycles. The standard InChI is InChI=1S/C37H61N7O7S2/c1-14-16-17-24(28(45)31(47)38-18-15-2)40-30(46)27-26-23(37(26,11)12)19-44(27)32(48)29(36(8,9)10)42-34(49)41-25(35(5,6)7)20-43(13)53(50,51)33-21(3)39-22(4)52-33/h15,23-27,29H,2,14,16-20H2,1,3-13H3,(H,38,47)(H,40,46)(H2,41,42,49)/t23-,24?,25+,26-,27-,29+/m0/s1. The Morgan fingerprint density at radius 2 is 1.68 bits per heavy atom. The van der Waals surface area contributed by atoms with E-state index in [1.54, 1.807) is 13.8 Å². The SMILES string of the molecule is C=CCNC(=O)C(=O)C(CCCC)NC(=O)[C@@H]1[C@@H]2[C@H](CN1C(=O)[C@@H](NC(=O)N[C@H](CN(C)S(=O)(=O)c1sc(C)nc1C)C(C)(C)C)C(C)(C)C)C2(C)C. The molecule has 1 aliphatic heterocycles. The summed E-state index contributed by atoms with van der Waals surface area (Å²) in [6, 6.07) is -4.36. The van der Waals surface area contributed by atoms with E-state index in [1.165, 1.54) is 22.3 Å². The molecule has 1 aromatic heterocycles. The van der Waals surface area contributed by atoms with Crippen LogP contribution in [0.2, 0.25) is 0 Å². The summed E-state index contributed by atoms with van der Waals surface area (Å²) in [5.74, 6) is -2.67.